The maximum atomic E-state index is 12.9. The molecule has 0 bridgehead atoms. The van der Waals surface area contributed by atoms with Crippen LogP contribution >= 0.6 is 11.8 Å². The molecule has 1 amide bonds. The number of carbonyl (C=O) groups is 1. The second-order valence-electron chi connectivity index (χ2n) is 7.80. The van der Waals surface area contributed by atoms with Gasteiger partial charge >= 0.3 is 0 Å². The first-order valence-electron chi connectivity index (χ1n) is 10.6. The van der Waals surface area contributed by atoms with Crippen LogP contribution in [-0.4, -0.2) is 67.2 Å². The summed E-state index contributed by atoms with van der Waals surface area (Å²) in [5, 5.41) is 0.597. The molecule has 5 rings (SSSR count). The molecule has 0 aliphatic carbocycles. The van der Waals surface area contributed by atoms with E-state index in [4.69, 9.17) is 4.74 Å². The normalized spacial score (nSPS) is 17.4. The number of benzene rings is 2. The molecule has 2 aliphatic rings. The first-order valence-corrected chi connectivity index (χ1v) is 13.0. The monoisotopic (exact) mass is 472 g/mol. The lowest BCUT2D eigenvalue weighted by molar-refractivity contribution is -0.116. The summed E-state index contributed by atoms with van der Waals surface area (Å²) in [4.78, 5) is 22.6. The number of morpholine rings is 1. The van der Waals surface area contributed by atoms with Crippen LogP contribution in [0, 0.1) is 0 Å². The Morgan fingerprint density at radius 1 is 1.12 bits per heavy atom. The number of fused-ring (bicyclic) bond motifs is 2. The highest BCUT2D eigenvalue weighted by Gasteiger charge is 2.27. The van der Waals surface area contributed by atoms with Gasteiger partial charge in [0.25, 0.3) is 0 Å². The minimum atomic E-state index is -3.57. The number of aryl methyl sites for hydroxylation is 1. The highest BCUT2D eigenvalue weighted by molar-refractivity contribution is 7.99. The Kier molecular flexibility index (Phi) is 5.93. The van der Waals surface area contributed by atoms with E-state index < -0.39 is 10.0 Å². The van der Waals surface area contributed by atoms with Crippen molar-refractivity contribution < 1.29 is 17.9 Å². The van der Waals surface area contributed by atoms with Gasteiger partial charge < -0.3 is 14.6 Å². The smallest absolute Gasteiger partial charge is 0.243 e. The Balaban J connectivity index is 1.30. The fourth-order valence-electron chi connectivity index (χ4n) is 4.13. The van der Waals surface area contributed by atoms with Gasteiger partial charge in [0, 0.05) is 25.3 Å². The molecule has 3 heterocycles. The first kappa shape index (κ1) is 21.4. The first-order chi connectivity index (χ1) is 15.5. The second-order valence-corrected chi connectivity index (χ2v) is 10.7. The highest BCUT2D eigenvalue weighted by Crippen LogP contribution is 2.29. The average molecular weight is 473 g/mol. The van der Waals surface area contributed by atoms with E-state index in [0.717, 1.165) is 25.1 Å². The molecule has 2 aliphatic heterocycles. The Morgan fingerprint density at radius 3 is 2.78 bits per heavy atom. The molecule has 1 fully saturated rings. The summed E-state index contributed by atoms with van der Waals surface area (Å²) in [5.41, 5.74) is 3.50. The molecule has 1 aromatic heterocycles. The van der Waals surface area contributed by atoms with E-state index >= 15 is 0 Å². The van der Waals surface area contributed by atoms with Crippen molar-refractivity contribution >= 4 is 44.4 Å². The quantitative estimate of drug-likeness (QED) is 0.574. The van der Waals surface area contributed by atoms with Crippen LogP contribution < -0.4 is 4.90 Å². The summed E-state index contributed by atoms with van der Waals surface area (Å²) in [5.74, 6) is 0.297. The number of rotatable bonds is 5. The van der Waals surface area contributed by atoms with Crippen molar-refractivity contribution in [2.75, 3.05) is 43.5 Å². The minimum absolute atomic E-state index is 0.0400. The van der Waals surface area contributed by atoms with E-state index in [2.05, 4.69) is 16.0 Å². The van der Waals surface area contributed by atoms with Crippen molar-refractivity contribution in [1.29, 1.82) is 0 Å². The Labute approximate surface area is 191 Å². The lowest BCUT2D eigenvalue weighted by Crippen LogP contribution is -2.40. The lowest BCUT2D eigenvalue weighted by Gasteiger charge is -2.29. The number of sulfonamides is 1. The molecule has 0 spiro atoms. The van der Waals surface area contributed by atoms with E-state index in [0.29, 0.717) is 42.5 Å². The molecule has 3 aromatic rings. The Morgan fingerprint density at radius 2 is 1.94 bits per heavy atom. The van der Waals surface area contributed by atoms with Gasteiger partial charge in [-0.25, -0.2) is 13.4 Å². The number of amides is 1. The molecule has 0 unspecified atom stereocenters. The van der Waals surface area contributed by atoms with Crippen LogP contribution in [0.3, 0.4) is 0 Å². The number of H-pyrrole nitrogens is 1. The van der Waals surface area contributed by atoms with Gasteiger partial charge in [0.15, 0.2) is 5.16 Å². The van der Waals surface area contributed by atoms with Crippen LogP contribution in [0.2, 0.25) is 0 Å². The van der Waals surface area contributed by atoms with Gasteiger partial charge in [-0.15, -0.1) is 0 Å². The zero-order valence-corrected chi connectivity index (χ0v) is 19.1. The van der Waals surface area contributed by atoms with Crippen LogP contribution in [0.15, 0.2) is 52.5 Å². The number of carbonyl (C=O) groups excluding carboxylic acids is 1. The number of anilines is 1. The summed E-state index contributed by atoms with van der Waals surface area (Å²) in [6.45, 7) is 2.24. The standard InChI is InChI=1S/C22H24N4O4S2/c27-21(26-9-3-5-16-4-1-2-6-20(16)26)15-31-22-23-18-8-7-17(14-19(18)24-22)32(28,29)25-10-12-30-13-11-25/h1-2,4,6-8,14H,3,5,9-13,15H2,(H,23,24). The molecule has 0 radical (unpaired) electrons. The largest absolute Gasteiger partial charge is 0.379 e. The molecule has 168 valence electrons. The summed E-state index contributed by atoms with van der Waals surface area (Å²) >= 11 is 1.33. The number of nitrogens with one attached hydrogen (secondary N) is 1. The van der Waals surface area contributed by atoms with Crippen molar-refractivity contribution in [2.24, 2.45) is 0 Å². The summed E-state index contributed by atoms with van der Waals surface area (Å²) in [6, 6.07) is 12.9. The van der Waals surface area contributed by atoms with Crippen molar-refractivity contribution in [1.82, 2.24) is 14.3 Å². The fraction of sp³-hybridized carbons (Fsp3) is 0.364. The summed E-state index contributed by atoms with van der Waals surface area (Å²) < 4.78 is 32.5. The zero-order chi connectivity index (χ0) is 22.1. The molecule has 2 aromatic carbocycles. The van der Waals surface area contributed by atoms with Crippen LogP contribution in [0.4, 0.5) is 5.69 Å². The van der Waals surface area contributed by atoms with E-state index in [1.807, 2.05) is 23.1 Å². The van der Waals surface area contributed by atoms with Crippen molar-refractivity contribution in [3.63, 3.8) is 0 Å². The molecule has 1 N–H and O–H groups in total. The number of nitrogens with zero attached hydrogens (tertiary/aromatic N) is 3. The third-order valence-corrected chi connectivity index (χ3v) is 8.54. The van der Waals surface area contributed by atoms with Crippen molar-refractivity contribution in [3.05, 3.63) is 48.0 Å². The molecular formula is C22H24N4O4S2. The molecule has 32 heavy (non-hydrogen) atoms. The number of thioether (sulfide) groups is 1. The zero-order valence-electron chi connectivity index (χ0n) is 17.5. The number of ether oxygens (including phenoxy) is 1. The predicted molar refractivity (Wildman–Crippen MR) is 124 cm³/mol. The van der Waals surface area contributed by atoms with Gasteiger partial charge in [-0.3, -0.25) is 4.79 Å². The molecule has 1 saturated heterocycles. The Hall–Kier alpha value is -2.40. The number of imidazole rings is 1. The van der Waals surface area contributed by atoms with Crippen LogP contribution in [-0.2, 0) is 26.0 Å². The van der Waals surface area contributed by atoms with Gasteiger partial charge in [0.2, 0.25) is 15.9 Å². The molecule has 10 heteroatoms. The second kappa shape index (κ2) is 8.86. The van der Waals surface area contributed by atoms with Crippen molar-refractivity contribution in [2.45, 2.75) is 22.9 Å². The van der Waals surface area contributed by atoms with Gasteiger partial charge in [0.05, 0.1) is 34.9 Å². The van der Waals surface area contributed by atoms with Gasteiger partial charge in [-0.05, 0) is 42.7 Å². The van der Waals surface area contributed by atoms with E-state index in [-0.39, 0.29) is 16.6 Å². The topological polar surface area (TPSA) is 95.6 Å². The summed E-state index contributed by atoms with van der Waals surface area (Å²) in [7, 11) is -3.57. The van der Waals surface area contributed by atoms with Gasteiger partial charge in [-0.1, -0.05) is 30.0 Å². The minimum Gasteiger partial charge on any atom is -0.379 e. The van der Waals surface area contributed by atoms with E-state index in [9.17, 15) is 13.2 Å². The number of hydrogen-bond donors (Lipinski definition) is 1. The average Bonchev–Trinajstić information content (AvgIpc) is 3.25. The van der Waals surface area contributed by atoms with Gasteiger partial charge in [-0.2, -0.15) is 4.31 Å². The van der Waals surface area contributed by atoms with E-state index in [1.165, 1.54) is 21.6 Å². The maximum absolute atomic E-state index is 12.9. The van der Waals surface area contributed by atoms with Crippen LogP contribution in [0.5, 0.6) is 0 Å². The SMILES string of the molecule is O=C(CSc1nc2ccc(S(=O)(=O)N3CCOCC3)cc2[nH]1)N1CCCc2ccccc21. The molecule has 0 saturated carbocycles. The fourth-order valence-corrected chi connectivity index (χ4v) is 6.33. The van der Waals surface area contributed by atoms with Crippen LogP contribution in [0.1, 0.15) is 12.0 Å². The lowest BCUT2D eigenvalue weighted by atomic mass is 10.0. The molecule has 0 atom stereocenters. The molecule has 8 nitrogen and oxygen atoms in total. The number of hydrogen-bond acceptors (Lipinski definition) is 6. The Bertz CT molecular complexity index is 1250. The van der Waals surface area contributed by atoms with E-state index in [1.54, 1.807) is 18.2 Å². The maximum Gasteiger partial charge on any atom is 0.243 e. The third kappa shape index (κ3) is 4.15. The number of aromatic amines is 1. The molecular weight excluding hydrogens is 448 g/mol. The van der Waals surface area contributed by atoms with Gasteiger partial charge in [0.1, 0.15) is 0 Å². The van der Waals surface area contributed by atoms with Crippen LogP contribution in [0.25, 0.3) is 11.0 Å². The number of aromatic nitrogens is 2. The highest BCUT2D eigenvalue weighted by atomic mass is 32.2. The number of para-hydroxylation sites is 1. The predicted octanol–water partition coefficient (Wildman–Crippen LogP) is 2.66. The third-order valence-electron chi connectivity index (χ3n) is 5.78. The van der Waals surface area contributed by atoms with Crippen molar-refractivity contribution in [3.8, 4) is 0 Å². The summed E-state index contributed by atoms with van der Waals surface area (Å²) in [6.07, 6.45) is 1.95.